The molecule has 2 rings (SSSR count). The molecule has 0 aromatic heterocycles. The Morgan fingerprint density at radius 3 is 2.79 bits per heavy atom. The lowest BCUT2D eigenvalue weighted by Gasteiger charge is -2.16. The highest BCUT2D eigenvalue weighted by Gasteiger charge is 2.15. The molecule has 0 amide bonds. The van der Waals surface area contributed by atoms with Crippen molar-refractivity contribution in [3.63, 3.8) is 0 Å². The lowest BCUT2D eigenvalue weighted by molar-refractivity contribution is 0.174. The Labute approximate surface area is 116 Å². The summed E-state index contributed by atoms with van der Waals surface area (Å²) in [5.41, 5.74) is 1.18. The summed E-state index contributed by atoms with van der Waals surface area (Å²) in [4.78, 5) is 0. The number of ether oxygens (including phenoxy) is 2. The van der Waals surface area contributed by atoms with Crippen LogP contribution in [0.4, 0.5) is 0 Å². The molecular formula is C14H21NO3S. The SMILES string of the molecule is CC(NCCC(C)S(C)=O)c1ccc2c(c1)OCO2. The van der Waals surface area contributed by atoms with E-state index in [0.717, 1.165) is 24.5 Å². The molecule has 0 spiro atoms. The van der Waals surface area contributed by atoms with Crippen LogP contribution in [0, 0.1) is 0 Å². The highest BCUT2D eigenvalue weighted by Crippen LogP contribution is 2.34. The van der Waals surface area contributed by atoms with Crippen LogP contribution in [0.25, 0.3) is 0 Å². The molecule has 1 aliphatic heterocycles. The molecule has 0 saturated carbocycles. The van der Waals surface area contributed by atoms with E-state index >= 15 is 0 Å². The summed E-state index contributed by atoms with van der Waals surface area (Å²) in [5.74, 6) is 1.63. The Hall–Kier alpha value is -1.07. The Bertz CT molecular complexity index is 464. The van der Waals surface area contributed by atoms with Gasteiger partial charge >= 0.3 is 0 Å². The summed E-state index contributed by atoms with van der Waals surface area (Å²) in [6.45, 7) is 5.30. The van der Waals surface area contributed by atoms with Crippen LogP contribution in [-0.2, 0) is 10.8 Å². The van der Waals surface area contributed by atoms with E-state index in [-0.39, 0.29) is 11.3 Å². The van der Waals surface area contributed by atoms with E-state index in [0.29, 0.717) is 6.79 Å². The van der Waals surface area contributed by atoms with Crippen molar-refractivity contribution in [1.29, 1.82) is 0 Å². The fourth-order valence-electron chi connectivity index (χ4n) is 1.97. The minimum Gasteiger partial charge on any atom is -0.454 e. The van der Waals surface area contributed by atoms with E-state index in [2.05, 4.69) is 12.2 Å². The highest BCUT2D eigenvalue weighted by atomic mass is 32.2. The zero-order valence-electron chi connectivity index (χ0n) is 11.6. The van der Waals surface area contributed by atoms with Gasteiger partial charge in [-0.05, 0) is 37.6 Å². The predicted octanol–water partition coefficient (Wildman–Crippen LogP) is 2.22. The van der Waals surface area contributed by atoms with Crippen LogP contribution in [-0.4, -0.2) is 29.1 Å². The molecule has 0 bridgehead atoms. The number of rotatable bonds is 6. The molecule has 19 heavy (non-hydrogen) atoms. The third-order valence-corrected chi connectivity index (χ3v) is 4.83. The molecule has 1 aliphatic rings. The van der Waals surface area contributed by atoms with Crippen molar-refractivity contribution in [2.75, 3.05) is 19.6 Å². The van der Waals surface area contributed by atoms with Gasteiger partial charge in [0.1, 0.15) is 0 Å². The summed E-state index contributed by atoms with van der Waals surface area (Å²) in [6, 6.07) is 6.25. The van der Waals surface area contributed by atoms with Crippen molar-refractivity contribution >= 4 is 10.8 Å². The smallest absolute Gasteiger partial charge is 0.231 e. The second kappa shape index (κ2) is 6.39. The first-order valence-corrected chi connectivity index (χ1v) is 8.15. The average Bonchev–Trinajstić information content (AvgIpc) is 2.85. The maximum absolute atomic E-state index is 11.3. The molecule has 0 fully saturated rings. The molecule has 3 unspecified atom stereocenters. The third kappa shape index (κ3) is 3.70. The first-order chi connectivity index (χ1) is 9.08. The van der Waals surface area contributed by atoms with Gasteiger partial charge in [0, 0.05) is 28.3 Å². The van der Waals surface area contributed by atoms with E-state index in [1.165, 1.54) is 5.56 Å². The van der Waals surface area contributed by atoms with Crippen molar-refractivity contribution in [3.05, 3.63) is 23.8 Å². The van der Waals surface area contributed by atoms with Gasteiger partial charge in [-0.3, -0.25) is 4.21 Å². The number of hydrogen-bond donors (Lipinski definition) is 1. The summed E-state index contributed by atoms with van der Waals surface area (Å²) >= 11 is 0. The molecule has 0 saturated heterocycles. The monoisotopic (exact) mass is 283 g/mol. The zero-order valence-corrected chi connectivity index (χ0v) is 12.5. The van der Waals surface area contributed by atoms with Crippen LogP contribution in [0.15, 0.2) is 18.2 Å². The topological polar surface area (TPSA) is 47.6 Å². The fraction of sp³-hybridized carbons (Fsp3) is 0.571. The maximum Gasteiger partial charge on any atom is 0.231 e. The van der Waals surface area contributed by atoms with Gasteiger partial charge in [-0.25, -0.2) is 0 Å². The fourth-order valence-corrected chi connectivity index (χ4v) is 2.42. The van der Waals surface area contributed by atoms with Gasteiger partial charge in [0.15, 0.2) is 11.5 Å². The predicted molar refractivity (Wildman–Crippen MR) is 77.1 cm³/mol. The number of hydrogen-bond acceptors (Lipinski definition) is 4. The lowest BCUT2D eigenvalue weighted by Crippen LogP contribution is -2.24. The molecule has 106 valence electrons. The standard InChI is InChI=1S/C14H21NO3S/c1-10(19(3)16)6-7-15-11(2)12-4-5-13-14(8-12)18-9-17-13/h4-5,8,10-11,15H,6-7,9H2,1-3H3. The second-order valence-corrected chi connectivity index (χ2v) is 6.69. The van der Waals surface area contributed by atoms with Crippen molar-refractivity contribution in [2.45, 2.75) is 31.6 Å². The minimum absolute atomic E-state index is 0.233. The van der Waals surface area contributed by atoms with E-state index in [1.54, 1.807) is 6.26 Å². The van der Waals surface area contributed by atoms with Gasteiger partial charge in [-0.1, -0.05) is 13.0 Å². The van der Waals surface area contributed by atoms with Crippen molar-refractivity contribution in [2.24, 2.45) is 0 Å². The van der Waals surface area contributed by atoms with Gasteiger partial charge in [0.25, 0.3) is 0 Å². The number of benzene rings is 1. The number of nitrogens with one attached hydrogen (secondary N) is 1. The van der Waals surface area contributed by atoms with E-state index in [1.807, 2.05) is 25.1 Å². The van der Waals surface area contributed by atoms with Crippen LogP contribution < -0.4 is 14.8 Å². The second-order valence-electron chi connectivity index (χ2n) is 4.89. The van der Waals surface area contributed by atoms with Gasteiger partial charge in [0.05, 0.1) is 0 Å². The molecule has 1 N–H and O–H groups in total. The van der Waals surface area contributed by atoms with Crippen molar-refractivity contribution < 1.29 is 13.7 Å². The van der Waals surface area contributed by atoms with Gasteiger partial charge in [-0.15, -0.1) is 0 Å². The molecule has 4 nitrogen and oxygen atoms in total. The maximum atomic E-state index is 11.3. The average molecular weight is 283 g/mol. The zero-order chi connectivity index (χ0) is 13.8. The van der Waals surface area contributed by atoms with Gasteiger partial charge in [0.2, 0.25) is 6.79 Å². The Morgan fingerprint density at radius 1 is 1.32 bits per heavy atom. The van der Waals surface area contributed by atoms with Crippen molar-refractivity contribution in [1.82, 2.24) is 5.32 Å². The molecule has 0 radical (unpaired) electrons. The molecule has 1 aromatic carbocycles. The van der Waals surface area contributed by atoms with Gasteiger partial charge < -0.3 is 14.8 Å². The molecular weight excluding hydrogens is 262 g/mol. The highest BCUT2D eigenvalue weighted by molar-refractivity contribution is 7.84. The van der Waals surface area contributed by atoms with Crippen LogP contribution in [0.3, 0.4) is 0 Å². The summed E-state index contributed by atoms with van der Waals surface area (Å²) in [7, 11) is -0.746. The largest absolute Gasteiger partial charge is 0.454 e. The van der Waals surface area contributed by atoms with Gasteiger partial charge in [-0.2, -0.15) is 0 Å². The minimum atomic E-state index is -0.746. The summed E-state index contributed by atoms with van der Waals surface area (Å²) < 4.78 is 21.9. The Kier molecular flexibility index (Phi) is 4.82. The van der Waals surface area contributed by atoms with E-state index in [4.69, 9.17) is 9.47 Å². The first-order valence-electron chi connectivity index (χ1n) is 6.53. The quantitative estimate of drug-likeness (QED) is 0.869. The van der Waals surface area contributed by atoms with Crippen LogP contribution >= 0.6 is 0 Å². The van der Waals surface area contributed by atoms with Crippen LogP contribution in [0.5, 0.6) is 11.5 Å². The molecule has 3 atom stereocenters. The van der Waals surface area contributed by atoms with E-state index in [9.17, 15) is 4.21 Å². The van der Waals surface area contributed by atoms with Crippen LogP contribution in [0.2, 0.25) is 0 Å². The first kappa shape index (κ1) is 14.3. The Balaban J connectivity index is 1.86. The summed E-state index contributed by atoms with van der Waals surface area (Å²) in [5, 5.41) is 3.68. The normalized spacial score (nSPS) is 18.1. The van der Waals surface area contributed by atoms with E-state index < -0.39 is 10.8 Å². The molecule has 1 aromatic rings. The van der Waals surface area contributed by atoms with Crippen LogP contribution in [0.1, 0.15) is 31.9 Å². The Morgan fingerprint density at radius 2 is 2.05 bits per heavy atom. The number of fused-ring (bicyclic) bond motifs is 1. The summed E-state index contributed by atoms with van der Waals surface area (Å²) in [6.07, 6.45) is 2.67. The van der Waals surface area contributed by atoms with Crippen molar-refractivity contribution in [3.8, 4) is 11.5 Å². The molecule has 5 heteroatoms. The molecule has 1 heterocycles. The molecule has 0 aliphatic carbocycles. The third-order valence-electron chi connectivity index (χ3n) is 3.46. The lowest BCUT2D eigenvalue weighted by atomic mass is 10.1.